The molecule has 0 unspecified atom stereocenters. The van der Waals surface area contributed by atoms with Crippen LogP contribution < -0.4 is 5.32 Å². The van der Waals surface area contributed by atoms with E-state index in [9.17, 15) is 45.2 Å². The number of nitrogens with one attached hydrogen (secondary N) is 1. The zero-order valence-corrected chi connectivity index (χ0v) is 50.5. The predicted octanol–water partition coefficient (Wildman–Crippen LogP) is 5.58. The standard InChI is InChI=1S/C61H90N2O21/c1-27-14-17-43(80-47-25-59(10,63(72)73)54(35(9)79-47)62-58(71)75-13)28(2)19-37-20-36(26-64)31(5)24-61(37)56(69)48(57(70)84-61)55(68)60(11)39(27)16-15-38-49(60)29(3)18-30(4)50(38)81-44-22-41(66)52(33(7)77-44)83-46-23-42(67)53(34(8)78-46)82-45-21-40(65)51(74-12)32(6)76-45/h14-16,19-20,26,29-35,37-47,49-54,65-68,72-73H,17-18,21-25H2,1-13H3,(H,62,71)/b27-14+,28-19-,55-48?/t29-,30-,31+,32-,33-,34-,35+,37+,38-,39+,40+,41+,42+,43-,44-,45+,46-,47-,49-,50-,51-,52-,53-,54-,59-,60-,61-/m0/s1. The van der Waals surface area contributed by atoms with Crippen molar-refractivity contribution in [2.45, 2.75) is 237 Å². The van der Waals surface area contributed by atoms with Crippen LogP contribution in [0.25, 0.3) is 0 Å². The molecular formula is C61H90N2O21. The Morgan fingerprint density at radius 3 is 1.81 bits per heavy atom. The Bertz CT molecular complexity index is 2570. The molecule has 5 heterocycles. The number of ether oxygens (including phenoxy) is 11. The van der Waals surface area contributed by atoms with Crippen molar-refractivity contribution in [2.75, 3.05) is 14.2 Å². The van der Waals surface area contributed by atoms with Crippen molar-refractivity contribution in [2.24, 2.45) is 46.8 Å². The van der Waals surface area contributed by atoms with Crippen molar-refractivity contribution in [3.63, 3.8) is 0 Å². The molecule has 27 atom stereocenters. The molecule has 6 fully saturated rings. The number of allylic oxidation sites excluding steroid dienone is 4. The van der Waals surface area contributed by atoms with E-state index in [-0.39, 0.29) is 55.6 Å². The molecule has 0 radical (unpaired) electrons. The van der Waals surface area contributed by atoms with E-state index in [1.165, 1.54) is 21.1 Å². The Kier molecular flexibility index (Phi) is 19.4. The minimum Gasteiger partial charge on any atom is -0.511 e. The van der Waals surface area contributed by atoms with E-state index < -0.39 is 180 Å². The number of carbonyl (C=O) groups excluding carboxylic acids is 4. The van der Waals surface area contributed by atoms with Crippen LogP contribution in [-0.2, 0) is 66.5 Å². The summed E-state index contributed by atoms with van der Waals surface area (Å²) in [4.78, 5) is 55.2. The molecule has 5 aliphatic heterocycles. The highest BCUT2D eigenvalue weighted by molar-refractivity contribution is 6.26. The van der Waals surface area contributed by atoms with Crippen molar-refractivity contribution >= 4 is 24.1 Å². The van der Waals surface area contributed by atoms with Gasteiger partial charge in [-0.1, -0.05) is 68.9 Å². The number of nitrogens with zero attached hydrogens (tertiary/aromatic N) is 1. The molecule has 0 aromatic heterocycles. The molecule has 9 rings (SSSR count). The summed E-state index contributed by atoms with van der Waals surface area (Å²) < 4.78 is 67.8. The monoisotopic (exact) mass is 1190 g/mol. The van der Waals surface area contributed by atoms with Gasteiger partial charge in [-0.2, -0.15) is 0 Å². The number of hydroxylamine groups is 2. The van der Waals surface area contributed by atoms with Gasteiger partial charge in [-0.15, -0.1) is 0 Å². The van der Waals surface area contributed by atoms with Crippen LogP contribution >= 0.6 is 0 Å². The van der Waals surface area contributed by atoms with Crippen molar-refractivity contribution in [1.82, 2.24) is 10.5 Å². The number of hydrogen-bond donors (Lipinski definition) is 7. The molecule has 1 spiro atoms. The van der Waals surface area contributed by atoms with Crippen molar-refractivity contribution < 1.29 is 102 Å². The molecule has 470 valence electrons. The molecule has 5 saturated heterocycles. The Morgan fingerprint density at radius 2 is 1.27 bits per heavy atom. The normalized spacial score (nSPS) is 48.5. The van der Waals surface area contributed by atoms with Gasteiger partial charge in [0.2, 0.25) is 5.78 Å². The van der Waals surface area contributed by atoms with Gasteiger partial charge in [0, 0.05) is 62.4 Å². The quantitative estimate of drug-likeness (QED) is 0.0412. The Morgan fingerprint density at radius 1 is 0.714 bits per heavy atom. The second-order valence-electron chi connectivity index (χ2n) is 25.9. The summed E-state index contributed by atoms with van der Waals surface area (Å²) in [5, 5.41) is 70.9. The first-order valence-corrected chi connectivity index (χ1v) is 29.9. The zero-order chi connectivity index (χ0) is 61.2. The van der Waals surface area contributed by atoms with Crippen LogP contribution in [0.3, 0.4) is 0 Å². The number of aliphatic hydroxyl groups is 4. The number of Topliss-reactive ketones (excluding diaryl/α,β-unsaturated/α-hetero) is 1. The first-order valence-electron chi connectivity index (χ1n) is 29.9. The van der Waals surface area contributed by atoms with E-state index in [4.69, 9.17) is 52.1 Å². The number of alkyl carbamates (subject to hydrolysis) is 1. The van der Waals surface area contributed by atoms with E-state index in [0.717, 1.165) is 11.9 Å². The third-order valence-electron chi connectivity index (χ3n) is 20.2. The first kappa shape index (κ1) is 64.5. The molecule has 9 aliphatic rings. The predicted molar refractivity (Wildman–Crippen MR) is 295 cm³/mol. The van der Waals surface area contributed by atoms with Gasteiger partial charge < -0.3 is 77.8 Å². The summed E-state index contributed by atoms with van der Waals surface area (Å²) >= 11 is 0. The Balaban J connectivity index is 0.986. The fraction of sp³-hybridized carbons (Fsp3) is 0.770. The number of esters is 1. The molecule has 2 bridgehead atoms. The summed E-state index contributed by atoms with van der Waals surface area (Å²) in [7, 11) is 2.70. The highest BCUT2D eigenvalue weighted by Crippen LogP contribution is 2.61. The second-order valence-corrected chi connectivity index (χ2v) is 25.9. The van der Waals surface area contributed by atoms with Gasteiger partial charge in [0.05, 0.1) is 73.6 Å². The highest BCUT2D eigenvalue weighted by Gasteiger charge is 2.64. The molecule has 0 aromatic carbocycles. The molecule has 1 amide bonds. The minimum atomic E-state index is -1.85. The fourth-order valence-corrected chi connectivity index (χ4v) is 15.8. The molecular weight excluding hydrogens is 1100 g/mol. The SMILES string of the molecule is COC(=O)N[C@H]1[C@@H](C)O[C@@H](O[C@H]2C/C=C(\C)[C@H]3C=C[C@@H]4[C@@H](O[C@H]5C[C@@H](O)[C@@H](O[C@H]6C[C@@H](O)[C@@H](O[C@@H]7C[C@@H](O)[C@@H](OC)[C@H](C)O7)[C@H](C)O6)[C@H](C)O5)[C@@H](C)C[C@H](C)[C@@H]4[C@@]3(C)C(O)=C3C(=O)O[C@]4(C[C@@H](C)C(C=O)=C[C@H]4/C=C\2C)C3=O)C[C@]1(C)N(O)O. The number of aliphatic hydroxyl groups excluding tert-OH is 4. The maximum absolute atomic E-state index is 15.5. The van der Waals surface area contributed by atoms with Gasteiger partial charge in [-0.3, -0.25) is 20.0 Å². The van der Waals surface area contributed by atoms with Gasteiger partial charge in [0.25, 0.3) is 0 Å². The van der Waals surface area contributed by atoms with Gasteiger partial charge in [0.15, 0.2) is 30.8 Å². The second kappa shape index (κ2) is 25.2. The van der Waals surface area contributed by atoms with Crippen LogP contribution in [0.1, 0.15) is 121 Å². The lowest BCUT2D eigenvalue weighted by Crippen LogP contribution is -2.68. The summed E-state index contributed by atoms with van der Waals surface area (Å²) in [6, 6.07) is -0.964. The van der Waals surface area contributed by atoms with Crippen LogP contribution in [0.5, 0.6) is 0 Å². The average Bonchev–Trinajstić information content (AvgIpc) is 1.41. The van der Waals surface area contributed by atoms with E-state index in [2.05, 4.69) is 25.2 Å². The summed E-state index contributed by atoms with van der Waals surface area (Å²) in [6.45, 7) is 20.1. The maximum Gasteiger partial charge on any atom is 0.407 e. The highest BCUT2D eigenvalue weighted by atomic mass is 16.8. The Hall–Kier alpha value is -4.02. The molecule has 23 nitrogen and oxygen atoms in total. The van der Waals surface area contributed by atoms with E-state index in [1.807, 2.05) is 26.0 Å². The minimum absolute atomic E-state index is 0.0245. The van der Waals surface area contributed by atoms with Crippen LogP contribution in [0.4, 0.5) is 4.79 Å². The summed E-state index contributed by atoms with van der Waals surface area (Å²) in [5.41, 5.74) is -3.41. The largest absolute Gasteiger partial charge is 0.511 e. The number of methoxy groups -OCH3 is 2. The lowest BCUT2D eigenvalue weighted by atomic mass is 9.49. The lowest BCUT2D eigenvalue weighted by Gasteiger charge is -2.56. The number of ketones is 1. The average molecular weight is 1190 g/mol. The zero-order valence-electron chi connectivity index (χ0n) is 50.5. The summed E-state index contributed by atoms with van der Waals surface area (Å²) in [5.74, 6) is -5.25. The fourth-order valence-electron chi connectivity index (χ4n) is 15.8. The van der Waals surface area contributed by atoms with Crippen LogP contribution in [0.15, 0.2) is 58.4 Å². The molecule has 4 aliphatic carbocycles. The summed E-state index contributed by atoms with van der Waals surface area (Å²) in [6.07, 6.45) is -2.57. The third kappa shape index (κ3) is 11.9. The van der Waals surface area contributed by atoms with Crippen molar-refractivity contribution in [1.29, 1.82) is 0 Å². The number of aldehydes is 1. The van der Waals surface area contributed by atoms with E-state index >= 15 is 4.79 Å². The van der Waals surface area contributed by atoms with Gasteiger partial charge in [0.1, 0.15) is 35.9 Å². The smallest absolute Gasteiger partial charge is 0.407 e. The lowest BCUT2D eigenvalue weighted by molar-refractivity contribution is -0.390. The molecule has 1 saturated carbocycles. The third-order valence-corrected chi connectivity index (χ3v) is 20.2. The number of fused-ring (bicyclic) bond motifs is 4. The Labute approximate surface area is 491 Å². The number of amides is 1. The van der Waals surface area contributed by atoms with E-state index in [0.29, 0.717) is 17.6 Å². The van der Waals surface area contributed by atoms with Crippen molar-refractivity contribution in [3.8, 4) is 0 Å². The van der Waals surface area contributed by atoms with Gasteiger partial charge in [-0.25, -0.2) is 9.59 Å². The first-order chi connectivity index (χ1) is 39.6. The van der Waals surface area contributed by atoms with E-state index in [1.54, 1.807) is 53.7 Å². The molecule has 0 aromatic rings. The molecule has 84 heavy (non-hydrogen) atoms. The topological polar surface area (TPSA) is 306 Å². The van der Waals surface area contributed by atoms with Gasteiger partial charge in [-0.05, 0) is 96.1 Å². The number of carbonyl (C=O) groups is 4. The van der Waals surface area contributed by atoms with Crippen molar-refractivity contribution in [3.05, 3.63) is 58.4 Å². The molecule has 23 heteroatoms. The number of hydrogen-bond acceptors (Lipinski definition) is 22. The van der Waals surface area contributed by atoms with Crippen LogP contribution in [0.2, 0.25) is 0 Å². The van der Waals surface area contributed by atoms with Gasteiger partial charge >= 0.3 is 12.1 Å². The van der Waals surface area contributed by atoms with Crippen LogP contribution in [0, 0.1) is 46.8 Å². The number of rotatable bonds is 12. The van der Waals surface area contributed by atoms with Crippen LogP contribution in [-0.4, -0.2) is 190 Å². The molecule has 7 N–H and O–H groups in total. The maximum atomic E-state index is 15.5.